The largest absolute Gasteiger partial charge is 0.481 e. The first kappa shape index (κ1) is 24.3. The standard InChI is InChI=1S/C21H27F3N2O5S/c1-18(2,3)32(30,31)26-15-5-4-13(21(22,23)24)12-14(15)16(27)25-20-9-6-19(7-10-20,8-11-20)17(28)29/h4-5,12,26H,6-11H2,1-3H3,(H,25,27)(H,28,29). The molecule has 0 unspecified atom stereocenters. The topological polar surface area (TPSA) is 113 Å². The van der Waals surface area contributed by atoms with Crippen molar-refractivity contribution >= 4 is 27.6 Å². The van der Waals surface area contributed by atoms with Crippen molar-refractivity contribution in [2.75, 3.05) is 4.72 Å². The molecule has 0 radical (unpaired) electrons. The van der Waals surface area contributed by atoms with Gasteiger partial charge in [-0.05, 0) is 77.5 Å². The van der Waals surface area contributed by atoms with Crippen molar-refractivity contribution in [1.29, 1.82) is 0 Å². The Bertz CT molecular complexity index is 1020. The van der Waals surface area contributed by atoms with Crippen molar-refractivity contribution in [3.63, 3.8) is 0 Å². The van der Waals surface area contributed by atoms with Gasteiger partial charge in [0.25, 0.3) is 5.91 Å². The molecule has 0 atom stereocenters. The van der Waals surface area contributed by atoms with Gasteiger partial charge in [0.1, 0.15) is 0 Å². The summed E-state index contributed by atoms with van der Waals surface area (Å²) in [5, 5.41) is 12.3. The molecule has 11 heteroatoms. The van der Waals surface area contributed by atoms with E-state index >= 15 is 0 Å². The quantitative estimate of drug-likeness (QED) is 0.591. The number of amides is 1. The van der Waals surface area contributed by atoms with E-state index in [2.05, 4.69) is 10.0 Å². The molecule has 3 fully saturated rings. The average Bonchev–Trinajstić information content (AvgIpc) is 2.67. The predicted molar refractivity (Wildman–Crippen MR) is 112 cm³/mol. The molecule has 0 aliphatic heterocycles. The highest BCUT2D eigenvalue weighted by Gasteiger charge is 2.53. The number of sulfonamides is 1. The molecule has 1 aromatic rings. The fraction of sp³-hybridized carbons (Fsp3) is 0.619. The molecule has 0 saturated heterocycles. The number of alkyl halides is 3. The van der Waals surface area contributed by atoms with Crippen LogP contribution in [0.2, 0.25) is 0 Å². The second-order valence-electron chi connectivity index (χ2n) is 9.80. The van der Waals surface area contributed by atoms with Crippen molar-refractivity contribution in [2.24, 2.45) is 5.41 Å². The Balaban J connectivity index is 1.93. The van der Waals surface area contributed by atoms with Crippen LogP contribution in [0.3, 0.4) is 0 Å². The smallest absolute Gasteiger partial charge is 0.416 e. The first-order chi connectivity index (χ1) is 14.5. The fourth-order valence-electron chi connectivity index (χ4n) is 4.30. The average molecular weight is 477 g/mol. The van der Waals surface area contributed by atoms with Crippen LogP contribution in [0.1, 0.15) is 75.2 Å². The zero-order valence-corrected chi connectivity index (χ0v) is 18.9. The summed E-state index contributed by atoms with van der Waals surface area (Å²) >= 11 is 0. The minimum absolute atomic E-state index is 0.242. The fourth-order valence-corrected chi connectivity index (χ4v) is 5.07. The summed E-state index contributed by atoms with van der Waals surface area (Å²) in [7, 11) is -4.00. The van der Waals surface area contributed by atoms with E-state index in [-0.39, 0.29) is 5.69 Å². The van der Waals surface area contributed by atoms with Crippen LogP contribution in [0, 0.1) is 5.41 Å². The van der Waals surface area contributed by atoms with Crippen LogP contribution in [-0.2, 0) is 21.0 Å². The van der Waals surface area contributed by atoms with Gasteiger partial charge in [-0.15, -0.1) is 0 Å². The Kier molecular flexibility index (Phi) is 5.81. The highest BCUT2D eigenvalue weighted by Crippen LogP contribution is 2.52. The van der Waals surface area contributed by atoms with Gasteiger partial charge in [-0.3, -0.25) is 14.3 Å². The summed E-state index contributed by atoms with van der Waals surface area (Å²) in [5.41, 5.74) is -3.27. The van der Waals surface area contributed by atoms with E-state index < -0.39 is 54.9 Å². The number of nitrogens with one attached hydrogen (secondary N) is 2. The monoisotopic (exact) mass is 476 g/mol. The number of halogens is 3. The zero-order chi connectivity index (χ0) is 24.2. The third-order valence-corrected chi connectivity index (χ3v) is 8.82. The maximum Gasteiger partial charge on any atom is 0.416 e. The van der Waals surface area contributed by atoms with Crippen LogP contribution in [0.4, 0.5) is 18.9 Å². The van der Waals surface area contributed by atoms with Gasteiger partial charge in [0, 0.05) is 5.54 Å². The number of carboxylic acids is 1. The Morgan fingerprint density at radius 3 is 1.97 bits per heavy atom. The van der Waals surface area contributed by atoms with E-state index in [0.717, 1.165) is 12.1 Å². The Labute approximate surface area is 184 Å². The summed E-state index contributed by atoms with van der Waals surface area (Å²) in [4.78, 5) is 24.7. The highest BCUT2D eigenvalue weighted by molar-refractivity contribution is 7.94. The van der Waals surface area contributed by atoms with Crippen LogP contribution < -0.4 is 10.0 Å². The summed E-state index contributed by atoms with van der Waals surface area (Å²) in [6.07, 6.45) is -2.42. The lowest BCUT2D eigenvalue weighted by Crippen LogP contribution is -2.58. The molecule has 1 amide bonds. The van der Waals surface area contributed by atoms with E-state index in [1.165, 1.54) is 20.8 Å². The molecule has 7 nitrogen and oxygen atoms in total. The minimum atomic E-state index is -4.72. The van der Waals surface area contributed by atoms with Crippen molar-refractivity contribution in [3.05, 3.63) is 29.3 Å². The van der Waals surface area contributed by atoms with Crippen LogP contribution in [0.5, 0.6) is 0 Å². The van der Waals surface area contributed by atoms with Gasteiger partial charge in [0.15, 0.2) is 0 Å². The predicted octanol–water partition coefficient (Wildman–Crippen LogP) is 4.15. The van der Waals surface area contributed by atoms with Crippen LogP contribution >= 0.6 is 0 Å². The van der Waals surface area contributed by atoms with Crippen LogP contribution in [0.25, 0.3) is 0 Å². The molecule has 0 heterocycles. The summed E-state index contributed by atoms with van der Waals surface area (Å²) in [6, 6.07) is 2.30. The molecule has 4 rings (SSSR count). The normalized spacial score (nSPS) is 25.9. The second-order valence-corrected chi connectivity index (χ2v) is 12.2. The van der Waals surface area contributed by atoms with Crippen molar-refractivity contribution in [1.82, 2.24) is 5.32 Å². The molecule has 0 aromatic heterocycles. The number of rotatable bonds is 5. The highest BCUT2D eigenvalue weighted by atomic mass is 32.2. The van der Waals surface area contributed by atoms with Gasteiger partial charge in [0.05, 0.1) is 27.0 Å². The van der Waals surface area contributed by atoms with E-state index in [4.69, 9.17) is 0 Å². The maximum absolute atomic E-state index is 13.3. The first-order valence-electron chi connectivity index (χ1n) is 10.3. The molecule has 0 spiro atoms. The van der Waals surface area contributed by atoms with Crippen molar-refractivity contribution in [2.45, 2.75) is 75.8 Å². The molecular formula is C21H27F3N2O5S. The van der Waals surface area contributed by atoms with Gasteiger partial charge < -0.3 is 10.4 Å². The van der Waals surface area contributed by atoms with E-state index in [0.29, 0.717) is 44.6 Å². The molecule has 3 saturated carbocycles. The summed E-state index contributed by atoms with van der Waals surface area (Å²) < 4.78 is 66.0. The van der Waals surface area contributed by atoms with Crippen molar-refractivity contribution in [3.8, 4) is 0 Å². The lowest BCUT2D eigenvalue weighted by Gasteiger charge is -2.51. The van der Waals surface area contributed by atoms with Gasteiger partial charge >= 0.3 is 12.1 Å². The van der Waals surface area contributed by atoms with Crippen molar-refractivity contribution < 1.29 is 36.3 Å². The lowest BCUT2D eigenvalue weighted by atomic mass is 9.57. The van der Waals surface area contributed by atoms with Gasteiger partial charge in [-0.1, -0.05) is 0 Å². The van der Waals surface area contributed by atoms with Crippen LogP contribution in [0.15, 0.2) is 18.2 Å². The second kappa shape index (κ2) is 7.64. The number of aliphatic carboxylic acids is 1. The van der Waals surface area contributed by atoms with E-state index in [1.54, 1.807) is 0 Å². The SMILES string of the molecule is CC(C)(C)S(=O)(=O)Nc1ccc(C(F)(F)F)cc1C(=O)NC12CCC(C(=O)O)(CC1)CC2. The number of hydrogen-bond donors (Lipinski definition) is 3. The van der Waals surface area contributed by atoms with E-state index in [9.17, 15) is 36.3 Å². The molecule has 32 heavy (non-hydrogen) atoms. The summed E-state index contributed by atoms with van der Waals surface area (Å²) in [5.74, 6) is -1.69. The number of benzene rings is 1. The van der Waals surface area contributed by atoms with Gasteiger partial charge in [-0.25, -0.2) is 8.42 Å². The van der Waals surface area contributed by atoms with Crippen LogP contribution in [-0.4, -0.2) is 35.7 Å². The third-order valence-electron chi connectivity index (χ3n) is 6.72. The zero-order valence-electron chi connectivity index (χ0n) is 18.1. The molecule has 3 aliphatic rings. The third kappa shape index (κ3) is 4.44. The van der Waals surface area contributed by atoms with Gasteiger partial charge in [0.2, 0.25) is 10.0 Å². The Morgan fingerprint density at radius 1 is 1.00 bits per heavy atom. The number of hydrogen-bond acceptors (Lipinski definition) is 4. The number of anilines is 1. The molecule has 178 valence electrons. The first-order valence-corrected chi connectivity index (χ1v) is 11.8. The molecule has 2 bridgehead atoms. The maximum atomic E-state index is 13.3. The molecule has 3 N–H and O–H groups in total. The Hall–Kier alpha value is -2.30. The van der Waals surface area contributed by atoms with E-state index in [1.807, 2.05) is 0 Å². The lowest BCUT2D eigenvalue weighted by molar-refractivity contribution is -0.156. The number of carbonyl (C=O) groups excluding carboxylic acids is 1. The number of carboxylic acid groups (broad SMARTS) is 1. The summed E-state index contributed by atoms with van der Waals surface area (Å²) in [6.45, 7) is 4.28. The number of carbonyl (C=O) groups is 2. The number of fused-ring (bicyclic) bond motifs is 3. The van der Waals surface area contributed by atoms with Gasteiger partial charge in [-0.2, -0.15) is 13.2 Å². The minimum Gasteiger partial charge on any atom is -0.481 e. The molecule has 1 aromatic carbocycles. The Morgan fingerprint density at radius 2 is 1.53 bits per heavy atom. The molecular weight excluding hydrogens is 449 g/mol. The molecule has 3 aliphatic carbocycles.